The summed E-state index contributed by atoms with van der Waals surface area (Å²) in [6.07, 6.45) is 1.36. The molecule has 0 bridgehead atoms. The number of aliphatic hydroxyl groups is 1. The number of rotatable bonds is 3. The molecule has 1 aromatic carbocycles. The van der Waals surface area contributed by atoms with Gasteiger partial charge in [0.25, 0.3) is 0 Å². The number of likely N-dealkylation sites (tertiary alicyclic amines) is 1. The highest BCUT2D eigenvalue weighted by atomic mass is 16.4. The molecule has 4 nitrogen and oxygen atoms in total. The number of nitrogens with zero attached hydrogens (tertiary/aromatic N) is 1. The summed E-state index contributed by atoms with van der Waals surface area (Å²) >= 11 is 0. The van der Waals surface area contributed by atoms with Gasteiger partial charge in [-0.25, -0.2) is 4.79 Å². The lowest BCUT2D eigenvalue weighted by Crippen LogP contribution is -2.41. The molecule has 4 heteroatoms. The van der Waals surface area contributed by atoms with Crippen molar-refractivity contribution in [3.8, 4) is 0 Å². The van der Waals surface area contributed by atoms with Crippen molar-refractivity contribution in [3.63, 3.8) is 0 Å². The van der Waals surface area contributed by atoms with Crippen molar-refractivity contribution in [2.75, 3.05) is 20.1 Å². The number of carboxylic acids is 1. The molecule has 1 aliphatic rings. The summed E-state index contributed by atoms with van der Waals surface area (Å²) in [7, 11) is 2.06. The Morgan fingerprint density at radius 2 is 2.06 bits per heavy atom. The third kappa shape index (κ3) is 3.09. The smallest absolute Gasteiger partial charge is 0.335 e. The second-order valence-electron chi connectivity index (χ2n) is 5.08. The Bertz CT molecular complexity index is 416. The predicted molar refractivity (Wildman–Crippen MR) is 68.7 cm³/mol. The molecule has 2 rings (SSSR count). The average Bonchev–Trinajstić information content (AvgIpc) is 2.34. The van der Waals surface area contributed by atoms with Crippen LogP contribution in [-0.4, -0.2) is 47.3 Å². The van der Waals surface area contributed by atoms with Crippen LogP contribution in [0.3, 0.4) is 0 Å². The molecular formula is C14H19NO3. The third-order valence-corrected chi connectivity index (χ3v) is 3.60. The Labute approximate surface area is 107 Å². The zero-order valence-electron chi connectivity index (χ0n) is 10.5. The monoisotopic (exact) mass is 249 g/mol. The van der Waals surface area contributed by atoms with E-state index in [1.54, 1.807) is 12.1 Å². The highest BCUT2D eigenvalue weighted by Crippen LogP contribution is 2.20. The Morgan fingerprint density at radius 3 is 2.67 bits per heavy atom. The van der Waals surface area contributed by atoms with E-state index < -0.39 is 5.97 Å². The maximum Gasteiger partial charge on any atom is 0.335 e. The zero-order valence-corrected chi connectivity index (χ0v) is 10.5. The van der Waals surface area contributed by atoms with Crippen molar-refractivity contribution >= 4 is 5.97 Å². The van der Waals surface area contributed by atoms with Gasteiger partial charge >= 0.3 is 5.97 Å². The zero-order chi connectivity index (χ0) is 13.1. The van der Waals surface area contributed by atoms with E-state index in [9.17, 15) is 9.90 Å². The molecule has 0 aliphatic carbocycles. The lowest BCUT2D eigenvalue weighted by Gasteiger charge is -2.34. The van der Waals surface area contributed by atoms with Crippen molar-refractivity contribution in [1.82, 2.24) is 4.90 Å². The van der Waals surface area contributed by atoms with E-state index in [4.69, 9.17) is 5.11 Å². The van der Waals surface area contributed by atoms with Gasteiger partial charge in [0.15, 0.2) is 0 Å². The van der Waals surface area contributed by atoms with Crippen molar-refractivity contribution < 1.29 is 15.0 Å². The van der Waals surface area contributed by atoms with E-state index >= 15 is 0 Å². The largest absolute Gasteiger partial charge is 0.478 e. The van der Waals surface area contributed by atoms with Gasteiger partial charge in [-0.15, -0.1) is 0 Å². The number of piperidine rings is 1. The van der Waals surface area contributed by atoms with Gasteiger partial charge in [0.1, 0.15) is 0 Å². The quantitative estimate of drug-likeness (QED) is 0.846. The molecule has 2 unspecified atom stereocenters. The molecule has 1 aliphatic heterocycles. The van der Waals surface area contributed by atoms with E-state index in [0.717, 1.165) is 31.5 Å². The van der Waals surface area contributed by atoms with Crippen LogP contribution in [0.1, 0.15) is 22.3 Å². The summed E-state index contributed by atoms with van der Waals surface area (Å²) in [4.78, 5) is 13.0. The van der Waals surface area contributed by atoms with Crippen LogP contribution in [-0.2, 0) is 6.42 Å². The molecular weight excluding hydrogens is 230 g/mol. The summed E-state index contributed by atoms with van der Waals surface area (Å²) < 4.78 is 0. The number of aliphatic hydroxyl groups excluding tert-OH is 1. The molecule has 0 aromatic heterocycles. The molecule has 1 aromatic rings. The number of aromatic carboxylic acids is 1. The van der Waals surface area contributed by atoms with Crippen LogP contribution in [0.5, 0.6) is 0 Å². The van der Waals surface area contributed by atoms with Gasteiger partial charge in [0, 0.05) is 19.0 Å². The predicted octanol–water partition coefficient (Wildman–Crippen LogP) is 1.24. The van der Waals surface area contributed by atoms with Crippen LogP contribution in [0.2, 0.25) is 0 Å². The molecule has 2 N–H and O–H groups in total. The van der Waals surface area contributed by atoms with Gasteiger partial charge in [0.2, 0.25) is 0 Å². The molecule has 0 amide bonds. The first-order chi connectivity index (χ1) is 8.56. The van der Waals surface area contributed by atoms with Crippen molar-refractivity contribution in [2.45, 2.75) is 18.9 Å². The van der Waals surface area contributed by atoms with Crippen molar-refractivity contribution in [2.24, 2.45) is 5.92 Å². The third-order valence-electron chi connectivity index (χ3n) is 3.60. The van der Waals surface area contributed by atoms with Crippen LogP contribution in [0.4, 0.5) is 0 Å². The minimum atomic E-state index is -0.904. The molecule has 1 fully saturated rings. The first-order valence-corrected chi connectivity index (χ1v) is 6.25. The maximum atomic E-state index is 10.8. The van der Waals surface area contributed by atoms with Gasteiger partial charge < -0.3 is 15.1 Å². The number of carboxylic acid groups (broad SMARTS) is 1. The van der Waals surface area contributed by atoms with Crippen LogP contribution in [0.25, 0.3) is 0 Å². The Hall–Kier alpha value is -1.39. The first-order valence-electron chi connectivity index (χ1n) is 6.25. The topological polar surface area (TPSA) is 60.8 Å². The highest BCUT2D eigenvalue weighted by Gasteiger charge is 2.25. The summed E-state index contributed by atoms with van der Waals surface area (Å²) in [5.74, 6) is -0.668. The van der Waals surface area contributed by atoms with E-state index in [-0.39, 0.29) is 12.0 Å². The molecule has 0 spiro atoms. The molecule has 1 heterocycles. The van der Waals surface area contributed by atoms with E-state index in [0.29, 0.717) is 5.56 Å². The minimum Gasteiger partial charge on any atom is -0.478 e. The van der Waals surface area contributed by atoms with Gasteiger partial charge in [-0.05, 0) is 37.6 Å². The first kappa shape index (κ1) is 13.1. The van der Waals surface area contributed by atoms with Gasteiger partial charge in [-0.1, -0.05) is 12.1 Å². The van der Waals surface area contributed by atoms with Crippen LogP contribution in [0, 0.1) is 5.92 Å². The fraction of sp³-hybridized carbons (Fsp3) is 0.500. The normalized spacial score (nSPS) is 25.0. The van der Waals surface area contributed by atoms with E-state index in [2.05, 4.69) is 11.9 Å². The summed E-state index contributed by atoms with van der Waals surface area (Å²) in [5.41, 5.74) is 1.39. The molecule has 1 saturated heterocycles. The average molecular weight is 249 g/mol. The van der Waals surface area contributed by atoms with Crippen LogP contribution < -0.4 is 0 Å². The minimum absolute atomic E-state index is 0.236. The Balaban J connectivity index is 2.02. The molecule has 98 valence electrons. The molecule has 0 saturated carbocycles. The van der Waals surface area contributed by atoms with Gasteiger partial charge in [0.05, 0.1) is 11.7 Å². The van der Waals surface area contributed by atoms with Gasteiger partial charge in [-0.2, -0.15) is 0 Å². The van der Waals surface area contributed by atoms with Crippen molar-refractivity contribution in [3.05, 3.63) is 35.4 Å². The number of hydrogen-bond donors (Lipinski definition) is 2. The van der Waals surface area contributed by atoms with E-state index in [1.807, 2.05) is 12.1 Å². The molecule has 0 radical (unpaired) electrons. The lowest BCUT2D eigenvalue weighted by atomic mass is 9.89. The number of benzene rings is 1. The van der Waals surface area contributed by atoms with Crippen LogP contribution in [0.15, 0.2) is 24.3 Å². The fourth-order valence-electron chi connectivity index (χ4n) is 2.49. The second-order valence-corrected chi connectivity index (χ2v) is 5.08. The lowest BCUT2D eigenvalue weighted by molar-refractivity contribution is 0.0366. The summed E-state index contributed by atoms with van der Waals surface area (Å²) in [5, 5.41) is 18.8. The summed E-state index contributed by atoms with van der Waals surface area (Å²) in [6, 6.07) is 6.92. The summed E-state index contributed by atoms with van der Waals surface area (Å²) in [6.45, 7) is 1.83. The van der Waals surface area contributed by atoms with Crippen LogP contribution >= 0.6 is 0 Å². The number of carbonyl (C=O) groups is 1. The van der Waals surface area contributed by atoms with E-state index in [1.165, 1.54) is 0 Å². The number of hydrogen-bond acceptors (Lipinski definition) is 3. The fourth-order valence-corrected chi connectivity index (χ4v) is 2.49. The Morgan fingerprint density at radius 1 is 1.39 bits per heavy atom. The SMILES string of the molecule is CN1CCC(O)C(Cc2ccc(C(=O)O)cc2)C1. The van der Waals surface area contributed by atoms with Crippen molar-refractivity contribution in [1.29, 1.82) is 0 Å². The van der Waals surface area contributed by atoms with Gasteiger partial charge in [-0.3, -0.25) is 0 Å². The molecule has 18 heavy (non-hydrogen) atoms. The molecule has 2 atom stereocenters. The highest BCUT2D eigenvalue weighted by molar-refractivity contribution is 5.87. The standard InChI is InChI=1S/C14H19NO3/c1-15-7-6-13(16)12(9-15)8-10-2-4-11(5-3-10)14(17)18/h2-5,12-13,16H,6-9H2,1H3,(H,17,18). The Kier molecular flexibility index (Phi) is 3.99. The maximum absolute atomic E-state index is 10.8. The second kappa shape index (κ2) is 5.50.